The molecule has 124 valence electrons. The lowest BCUT2D eigenvalue weighted by Crippen LogP contribution is -2.47. The molecule has 1 atom stereocenters. The molecule has 0 bridgehead atoms. The first-order chi connectivity index (χ1) is 11.2. The molecule has 1 aromatic heterocycles. The van der Waals surface area contributed by atoms with E-state index in [1.165, 1.54) is 5.56 Å². The second-order valence-corrected chi connectivity index (χ2v) is 6.09. The third-order valence-electron chi connectivity index (χ3n) is 4.47. The van der Waals surface area contributed by atoms with Gasteiger partial charge in [0.25, 0.3) is 0 Å². The highest BCUT2D eigenvalue weighted by atomic mass is 16.4. The zero-order chi connectivity index (χ0) is 16.2. The number of hydrogen-bond donors (Lipinski definition) is 1. The summed E-state index contributed by atoms with van der Waals surface area (Å²) in [5.41, 5.74) is 2.16. The van der Waals surface area contributed by atoms with Gasteiger partial charge in [0.15, 0.2) is 0 Å². The highest BCUT2D eigenvalue weighted by Gasteiger charge is 2.25. The van der Waals surface area contributed by atoms with Gasteiger partial charge < -0.3 is 9.52 Å². The van der Waals surface area contributed by atoms with Crippen LogP contribution in [0.15, 0.2) is 28.7 Å². The number of rotatable bonds is 5. The highest BCUT2D eigenvalue weighted by molar-refractivity contribution is 5.52. The van der Waals surface area contributed by atoms with E-state index in [9.17, 15) is 0 Å². The van der Waals surface area contributed by atoms with Crippen molar-refractivity contribution >= 4 is 0 Å². The van der Waals surface area contributed by atoms with Gasteiger partial charge in [-0.2, -0.15) is 0 Å². The molecule has 1 aromatic carbocycles. The number of nitrogens with zero attached hydrogens (tertiary/aromatic N) is 4. The van der Waals surface area contributed by atoms with Crippen molar-refractivity contribution in [2.45, 2.75) is 19.9 Å². The lowest BCUT2D eigenvalue weighted by atomic mass is 10.1. The van der Waals surface area contributed by atoms with Gasteiger partial charge >= 0.3 is 0 Å². The van der Waals surface area contributed by atoms with E-state index < -0.39 is 0 Å². The molecule has 0 aliphatic carbocycles. The number of aryl methyl sites for hydroxylation is 1. The Balaban J connectivity index is 1.65. The summed E-state index contributed by atoms with van der Waals surface area (Å²) in [6, 6.07) is 8.21. The third-order valence-corrected chi connectivity index (χ3v) is 4.47. The van der Waals surface area contributed by atoms with E-state index in [4.69, 9.17) is 9.52 Å². The molecule has 2 aromatic rings. The smallest absolute Gasteiger partial charge is 0.247 e. The molecule has 0 amide bonds. The second kappa shape index (κ2) is 7.21. The first-order valence-corrected chi connectivity index (χ1v) is 8.15. The van der Waals surface area contributed by atoms with Crippen LogP contribution < -0.4 is 0 Å². The lowest BCUT2D eigenvalue weighted by molar-refractivity contribution is 0.0802. The van der Waals surface area contributed by atoms with Gasteiger partial charge in [-0.05, 0) is 26.0 Å². The molecule has 0 saturated carbocycles. The van der Waals surface area contributed by atoms with Gasteiger partial charge in [0.2, 0.25) is 11.8 Å². The number of aromatic nitrogens is 2. The van der Waals surface area contributed by atoms with Gasteiger partial charge in [-0.15, -0.1) is 10.2 Å². The quantitative estimate of drug-likeness (QED) is 0.906. The minimum Gasteiger partial charge on any atom is -0.419 e. The molecule has 1 N–H and O–H groups in total. The molecular formula is C17H24N4O2. The van der Waals surface area contributed by atoms with Crippen LogP contribution in [0.4, 0.5) is 0 Å². The molecule has 0 unspecified atom stereocenters. The van der Waals surface area contributed by atoms with Crippen LogP contribution in [0.3, 0.4) is 0 Å². The fraction of sp³-hybridized carbons (Fsp3) is 0.529. The summed E-state index contributed by atoms with van der Waals surface area (Å²) in [6.45, 7) is 8.95. The van der Waals surface area contributed by atoms with Gasteiger partial charge in [0.05, 0.1) is 12.6 Å². The molecule has 1 fully saturated rings. The molecule has 0 radical (unpaired) electrons. The Bertz CT molecular complexity index is 618. The maximum atomic E-state index is 9.01. The first-order valence-electron chi connectivity index (χ1n) is 8.15. The summed E-state index contributed by atoms with van der Waals surface area (Å²) in [5, 5.41) is 17.4. The molecule has 6 nitrogen and oxygen atoms in total. The van der Waals surface area contributed by atoms with Crippen molar-refractivity contribution in [3.63, 3.8) is 0 Å². The van der Waals surface area contributed by atoms with Crippen molar-refractivity contribution in [2.75, 3.05) is 39.3 Å². The summed E-state index contributed by atoms with van der Waals surface area (Å²) in [5.74, 6) is 1.24. The van der Waals surface area contributed by atoms with Crippen LogP contribution in [-0.2, 0) is 0 Å². The number of benzene rings is 1. The Labute approximate surface area is 136 Å². The van der Waals surface area contributed by atoms with Crippen LogP contribution in [0, 0.1) is 6.92 Å². The van der Waals surface area contributed by atoms with Crippen molar-refractivity contribution < 1.29 is 9.52 Å². The summed E-state index contributed by atoms with van der Waals surface area (Å²) in [4.78, 5) is 4.62. The van der Waals surface area contributed by atoms with Crippen LogP contribution in [0.5, 0.6) is 0 Å². The molecule has 1 saturated heterocycles. The number of piperazine rings is 1. The van der Waals surface area contributed by atoms with E-state index in [0.29, 0.717) is 11.8 Å². The van der Waals surface area contributed by atoms with E-state index in [-0.39, 0.29) is 12.6 Å². The maximum absolute atomic E-state index is 9.01. The Kier molecular flexibility index (Phi) is 5.05. The Morgan fingerprint density at radius 1 is 1.13 bits per heavy atom. The maximum Gasteiger partial charge on any atom is 0.247 e. The fourth-order valence-electron chi connectivity index (χ4n) is 2.89. The van der Waals surface area contributed by atoms with E-state index in [1.54, 1.807) is 0 Å². The average Bonchev–Trinajstić information content (AvgIpc) is 3.06. The second-order valence-electron chi connectivity index (χ2n) is 6.09. The van der Waals surface area contributed by atoms with E-state index in [2.05, 4.69) is 33.8 Å². The predicted octanol–water partition coefficient (Wildman–Crippen LogP) is 1.72. The molecule has 0 spiro atoms. The SMILES string of the molecule is Cc1ccc(-c2nnc([C@H](C)N3CCN(CCO)CC3)o2)cc1. The van der Waals surface area contributed by atoms with Crippen molar-refractivity contribution in [3.05, 3.63) is 35.7 Å². The summed E-state index contributed by atoms with van der Waals surface area (Å²) in [6.07, 6.45) is 0. The molecule has 1 aliphatic heterocycles. The Morgan fingerprint density at radius 3 is 2.48 bits per heavy atom. The van der Waals surface area contributed by atoms with Gasteiger partial charge in [-0.1, -0.05) is 17.7 Å². The minimum absolute atomic E-state index is 0.109. The van der Waals surface area contributed by atoms with Crippen molar-refractivity contribution in [3.8, 4) is 11.5 Å². The number of aliphatic hydroxyl groups is 1. The van der Waals surface area contributed by atoms with E-state index in [0.717, 1.165) is 38.3 Å². The topological polar surface area (TPSA) is 65.6 Å². The van der Waals surface area contributed by atoms with Crippen molar-refractivity contribution in [1.82, 2.24) is 20.0 Å². The number of hydrogen-bond acceptors (Lipinski definition) is 6. The monoisotopic (exact) mass is 316 g/mol. The number of β-amino-alcohol motifs (C(OH)–C–C–N with tert-alkyl or cyclic N) is 1. The molecule has 2 heterocycles. The Hall–Kier alpha value is -1.76. The molecular weight excluding hydrogens is 292 g/mol. The standard InChI is InChI=1S/C17H24N4O2/c1-13-3-5-15(6-4-13)17-19-18-16(23-17)14(2)21-9-7-20(8-10-21)11-12-22/h3-6,14,22H,7-12H2,1-2H3/t14-/m0/s1. The van der Waals surface area contributed by atoms with Crippen molar-refractivity contribution in [2.24, 2.45) is 0 Å². The van der Waals surface area contributed by atoms with E-state index in [1.807, 2.05) is 24.3 Å². The zero-order valence-corrected chi connectivity index (χ0v) is 13.8. The van der Waals surface area contributed by atoms with Crippen LogP contribution in [0.25, 0.3) is 11.5 Å². The largest absolute Gasteiger partial charge is 0.419 e. The van der Waals surface area contributed by atoms with Crippen LogP contribution in [0.2, 0.25) is 0 Å². The van der Waals surface area contributed by atoms with Gasteiger partial charge in [-0.25, -0.2) is 0 Å². The molecule has 6 heteroatoms. The van der Waals surface area contributed by atoms with Gasteiger partial charge in [0.1, 0.15) is 0 Å². The van der Waals surface area contributed by atoms with Gasteiger partial charge in [0, 0.05) is 38.3 Å². The number of aliphatic hydroxyl groups excluding tert-OH is 1. The summed E-state index contributed by atoms with van der Waals surface area (Å²) >= 11 is 0. The normalized spacial score (nSPS) is 18.2. The summed E-state index contributed by atoms with van der Waals surface area (Å²) in [7, 11) is 0. The summed E-state index contributed by atoms with van der Waals surface area (Å²) < 4.78 is 5.88. The minimum atomic E-state index is 0.109. The van der Waals surface area contributed by atoms with Crippen LogP contribution in [0.1, 0.15) is 24.4 Å². The van der Waals surface area contributed by atoms with E-state index >= 15 is 0 Å². The first kappa shape index (κ1) is 16.1. The van der Waals surface area contributed by atoms with Crippen LogP contribution >= 0.6 is 0 Å². The third kappa shape index (κ3) is 3.77. The van der Waals surface area contributed by atoms with Gasteiger partial charge in [-0.3, -0.25) is 9.80 Å². The van der Waals surface area contributed by atoms with Crippen molar-refractivity contribution in [1.29, 1.82) is 0 Å². The Morgan fingerprint density at radius 2 is 1.83 bits per heavy atom. The predicted molar refractivity (Wildman–Crippen MR) is 88.0 cm³/mol. The molecule has 1 aliphatic rings. The molecule has 23 heavy (non-hydrogen) atoms. The van der Waals surface area contributed by atoms with Crippen LogP contribution in [-0.4, -0.2) is 64.4 Å². The zero-order valence-electron chi connectivity index (χ0n) is 13.8. The fourth-order valence-corrected chi connectivity index (χ4v) is 2.89. The average molecular weight is 316 g/mol. The highest BCUT2D eigenvalue weighted by Crippen LogP contribution is 2.24. The molecule has 3 rings (SSSR count). The lowest BCUT2D eigenvalue weighted by Gasteiger charge is -2.36.